The second-order valence-corrected chi connectivity index (χ2v) is 8.85. The zero-order chi connectivity index (χ0) is 22.7. The van der Waals surface area contributed by atoms with Crippen molar-refractivity contribution in [3.8, 4) is 0 Å². The standard InChI is InChI=1S/C23H30F3N3O3/c24-23(25,26)19-3-1-2-18(16-19)22(31)28-10-6-20(7-11-28)27-8-4-17(5-9-27)21(30)29-12-14-32-15-13-29/h1-3,16-17,20H,4-15H2. The lowest BCUT2D eigenvalue weighted by atomic mass is 9.92. The van der Waals surface area contributed by atoms with Crippen molar-refractivity contribution >= 4 is 11.8 Å². The molecule has 0 N–H and O–H groups in total. The van der Waals surface area contributed by atoms with Gasteiger partial charge >= 0.3 is 6.18 Å². The summed E-state index contributed by atoms with van der Waals surface area (Å²) in [6.45, 7) is 5.39. The number of piperidine rings is 2. The van der Waals surface area contributed by atoms with Gasteiger partial charge < -0.3 is 19.4 Å². The first-order chi connectivity index (χ1) is 15.3. The molecule has 0 unspecified atom stereocenters. The average molecular weight is 454 g/mol. The van der Waals surface area contributed by atoms with Crippen molar-refractivity contribution < 1.29 is 27.5 Å². The van der Waals surface area contributed by atoms with E-state index in [1.54, 1.807) is 4.90 Å². The molecule has 0 spiro atoms. The molecule has 3 fully saturated rings. The summed E-state index contributed by atoms with van der Waals surface area (Å²) in [6.07, 6.45) is -1.17. The van der Waals surface area contributed by atoms with Crippen LogP contribution in [0.3, 0.4) is 0 Å². The van der Waals surface area contributed by atoms with Crippen molar-refractivity contribution in [3.05, 3.63) is 35.4 Å². The molecule has 0 atom stereocenters. The van der Waals surface area contributed by atoms with Crippen LogP contribution < -0.4 is 0 Å². The lowest BCUT2D eigenvalue weighted by Gasteiger charge is -2.42. The topological polar surface area (TPSA) is 53.1 Å². The Balaban J connectivity index is 1.25. The summed E-state index contributed by atoms with van der Waals surface area (Å²) in [6, 6.07) is 4.99. The van der Waals surface area contributed by atoms with Crippen LogP contribution in [0.4, 0.5) is 13.2 Å². The molecule has 1 aromatic rings. The van der Waals surface area contributed by atoms with Crippen LogP contribution in [0.2, 0.25) is 0 Å². The fraction of sp³-hybridized carbons (Fsp3) is 0.652. The lowest BCUT2D eigenvalue weighted by molar-refractivity contribution is -0.141. The first kappa shape index (κ1) is 23.0. The Bertz CT molecular complexity index is 810. The van der Waals surface area contributed by atoms with E-state index in [-0.39, 0.29) is 23.3 Å². The molecule has 9 heteroatoms. The first-order valence-electron chi connectivity index (χ1n) is 11.4. The molecule has 0 bridgehead atoms. The minimum Gasteiger partial charge on any atom is -0.378 e. The third-order valence-electron chi connectivity index (χ3n) is 6.91. The van der Waals surface area contributed by atoms with Gasteiger partial charge in [-0.15, -0.1) is 0 Å². The van der Waals surface area contributed by atoms with Gasteiger partial charge in [-0.05, 0) is 57.0 Å². The van der Waals surface area contributed by atoms with E-state index in [0.29, 0.717) is 45.4 Å². The summed E-state index contributed by atoms with van der Waals surface area (Å²) in [7, 11) is 0. The number of rotatable bonds is 3. The third-order valence-corrected chi connectivity index (χ3v) is 6.91. The van der Waals surface area contributed by atoms with Crippen molar-refractivity contribution in [3.63, 3.8) is 0 Å². The molecule has 3 aliphatic heterocycles. The molecular weight excluding hydrogens is 423 g/mol. The van der Waals surface area contributed by atoms with E-state index in [0.717, 1.165) is 50.9 Å². The second kappa shape index (κ2) is 9.79. The Morgan fingerprint density at radius 1 is 0.875 bits per heavy atom. The third kappa shape index (κ3) is 5.26. The monoisotopic (exact) mass is 453 g/mol. The second-order valence-electron chi connectivity index (χ2n) is 8.85. The number of amides is 2. The Hall–Kier alpha value is -2.13. The zero-order valence-corrected chi connectivity index (χ0v) is 18.1. The number of ether oxygens (including phenoxy) is 1. The molecule has 0 saturated carbocycles. The lowest BCUT2D eigenvalue weighted by Crippen LogP contribution is -2.51. The van der Waals surface area contributed by atoms with Gasteiger partial charge in [-0.25, -0.2) is 0 Å². The molecule has 0 aliphatic carbocycles. The molecule has 1 aromatic carbocycles. The van der Waals surface area contributed by atoms with Gasteiger partial charge in [0.1, 0.15) is 0 Å². The largest absolute Gasteiger partial charge is 0.416 e. The van der Waals surface area contributed by atoms with Crippen molar-refractivity contribution in [1.29, 1.82) is 0 Å². The highest BCUT2D eigenvalue weighted by molar-refractivity contribution is 5.94. The van der Waals surface area contributed by atoms with Gasteiger partial charge in [0.05, 0.1) is 18.8 Å². The van der Waals surface area contributed by atoms with Crippen LogP contribution in [0.15, 0.2) is 24.3 Å². The summed E-state index contributed by atoms with van der Waals surface area (Å²) in [5.74, 6) is -0.0225. The van der Waals surface area contributed by atoms with E-state index in [1.807, 2.05) is 4.90 Å². The summed E-state index contributed by atoms with van der Waals surface area (Å²) >= 11 is 0. The van der Waals surface area contributed by atoms with Gasteiger partial charge in [0.15, 0.2) is 0 Å². The molecule has 3 saturated heterocycles. The maximum absolute atomic E-state index is 13.0. The minimum atomic E-state index is -4.46. The van der Waals surface area contributed by atoms with E-state index in [4.69, 9.17) is 4.74 Å². The number of likely N-dealkylation sites (tertiary alicyclic amines) is 2. The smallest absolute Gasteiger partial charge is 0.378 e. The molecule has 6 nitrogen and oxygen atoms in total. The minimum absolute atomic E-state index is 0.0759. The molecule has 176 valence electrons. The number of hydrogen-bond acceptors (Lipinski definition) is 4. The predicted octanol–water partition coefficient (Wildman–Crippen LogP) is 2.88. The van der Waals surface area contributed by atoms with Crippen LogP contribution in [0.5, 0.6) is 0 Å². The van der Waals surface area contributed by atoms with Crippen molar-refractivity contribution in [1.82, 2.24) is 14.7 Å². The molecule has 3 heterocycles. The van der Waals surface area contributed by atoms with E-state index in [1.165, 1.54) is 12.1 Å². The zero-order valence-electron chi connectivity index (χ0n) is 18.1. The van der Waals surface area contributed by atoms with Gasteiger partial charge in [0.2, 0.25) is 5.91 Å². The van der Waals surface area contributed by atoms with Crippen molar-refractivity contribution in [2.24, 2.45) is 5.92 Å². The predicted molar refractivity (Wildman–Crippen MR) is 112 cm³/mol. The highest BCUT2D eigenvalue weighted by atomic mass is 19.4. The van der Waals surface area contributed by atoms with Crippen LogP contribution in [-0.2, 0) is 15.7 Å². The number of alkyl halides is 3. The van der Waals surface area contributed by atoms with Gasteiger partial charge in [0.25, 0.3) is 5.91 Å². The number of carbonyl (C=O) groups excluding carboxylic acids is 2. The van der Waals surface area contributed by atoms with Crippen LogP contribution in [0, 0.1) is 5.92 Å². The van der Waals surface area contributed by atoms with Gasteiger partial charge in [0, 0.05) is 43.7 Å². The van der Waals surface area contributed by atoms with E-state index in [9.17, 15) is 22.8 Å². The number of hydrogen-bond donors (Lipinski definition) is 0. The summed E-state index contributed by atoms with van der Waals surface area (Å²) < 4.78 is 44.2. The summed E-state index contributed by atoms with van der Waals surface area (Å²) in [5.41, 5.74) is -0.714. The van der Waals surface area contributed by atoms with Crippen LogP contribution in [0.1, 0.15) is 41.6 Å². The number of carbonyl (C=O) groups is 2. The molecule has 2 amide bonds. The Kier molecular flexibility index (Phi) is 7.05. The summed E-state index contributed by atoms with van der Waals surface area (Å²) in [4.78, 5) is 31.4. The quantitative estimate of drug-likeness (QED) is 0.707. The van der Waals surface area contributed by atoms with Crippen molar-refractivity contribution in [2.75, 3.05) is 52.5 Å². The van der Waals surface area contributed by atoms with Gasteiger partial charge in [-0.2, -0.15) is 13.2 Å². The Morgan fingerprint density at radius 3 is 2.16 bits per heavy atom. The van der Waals surface area contributed by atoms with Crippen LogP contribution in [0.25, 0.3) is 0 Å². The van der Waals surface area contributed by atoms with Crippen LogP contribution in [-0.4, -0.2) is 85.0 Å². The highest BCUT2D eigenvalue weighted by Crippen LogP contribution is 2.30. The maximum Gasteiger partial charge on any atom is 0.416 e. The summed E-state index contributed by atoms with van der Waals surface area (Å²) in [5, 5.41) is 0. The van der Waals surface area contributed by atoms with Crippen molar-refractivity contribution in [2.45, 2.75) is 37.9 Å². The fourth-order valence-electron chi connectivity index (χ4n) is 5.00. The highest BCUT2D eigenvalue weighted by Gasteiger charge is 2.34. The first-order valence-corrected chi connectivity index (χ1v) is 11.4. The van der Waals surface area contributed by atoms with Gasteiger partial charge in [-0.3, -0.25) is 9.59 Å². The maximum atomic E-state index is 13.0. The number of benzene rings is 1. The van der Waals surface area contributed by atoms with Gasteiger partial charge in [-0.1, -0.05) is 6.07 Å². The molecule has 0 radical (unpaired) electrons. The molecule has 0 aromatic heterocycles. The number of morpholine rings is 1. The molecule has 4 rings (SSSR count). The fourth-order valence-corrected chi connectivity index (χ4v) is 5.00. The molecular formula is C23H30F3N3O3. The van der Waals surface area contributed by atoms with E-state index >= 15 is 0 Å². The average Bonchev–Trinajstić information content (AvgIpc) is 2.83. The van der Waals surface area contributed by atoms with Crippen LogP contribution >= 0.6 is 0 Å². The molecule has 32 heavy (non-hydrogen) atoms. The van der Waals surface area contributed by atoms with E-state index in [2.05, 4.69) is 4.90 Å². The SMILES string of the molecule is O=C(c1cccc(C(F)(F)F)c1)N1CCC(N2CCC(C(=O)N3CCOCC3)CC2)CC1. The number of halogens is 3. The Morgan fingerprint density at radius 2 is 1.53 bits per heavy atom. The normalized spacial score (nSPS) is 22.2. The number of nitrogens with zero attached hydrogens (tertiary/aromatic N) is 3. The van der Waals surface area contributed by atoms with E-state index < -0.39 is 11.7 Å². The molecule has 3 aliphatic rings. The Labute approximate surface area is 186 Å².